The first-order valence-electron chi connectivity index (χ1n) is 21.4. The molecule has 1 nitrogen and oxygen atoms in total. The second kappa shape index (κ2) is 19.9. The van der Waals surface area contributed by atoms with Gasteiger partial charge in [-0.3, -0.25) is 0 Å². The molecule has 4 aliphatic rings. The van der Waals surface area contributed by atoms with Gasteiger partial charge in [0.1, 0.15) is 0 Å². The Hall–Kier alpha value is -5.32. The van der Waals surface area contributed by atoms with Gasteiger partial charge >= 0.3 is 0 Å². The molecule has 2 aromatic rings. The average Bonchev–Trinajstić information content (AvgIpc) is 3.24. The van der Waals surface area contributed by atoms with E-state index in [9.17, 15) is 0 Å². The summed E-state index contributed by atoms with van der Waals surface area (Å²) in [6.45, 7) is 31.4. The highest BCUT2D eigenvalue weighted by Crippen LogP contribution is 2.57. The quantitative estimate of drug-likeness (QED) is 0.132. The van der Waals surface area contributed by atoms with Crippen molar-refractivity contribution in [3.05, 3.63) is 203 Å². The molecule has 58 heavy (non-hydrogen) atoms. The van der Waals surface area contributed by atoms with Crippen molar-refractivity contribution in [3.8, 4) is 12.8 Å². The summed E-state index contributed by atoms with van der Waals surface area (Å²) in [4.78, 5) is 2.62. The Morgan fingerprint density at radius 2 is 1.66 bits per heavy atom. The Balaban J connectivity index is 0.00000180. The van der Waals surface area contributed by atoms with Crippen molar-refractivity contribution in [1.29, 1.82) is 0 Å². The van der Waals surface area contributed by atoms with Crippen LogP contribution in [0.2, 0.25) is 0 Å². The van der Waals surface area contributed by atoms with Gasteiger partial charge in [0.25, 0.3) is 0 Å². The fourth-order valence-electron chi connectivity index (χ4n) is 8.99. The predicted molar refractivity (Wildman–Crippen MR) is 257 cm³/mol. The SMILES string of the molecule is C#C.C=C/C=C/C(C)/C=C1/C=C\CCC2(C=C)C=CC=C/C2=C/1C/C=C\C1=C(C)C(C)(C)C(C)C2=C(/C=C(\CC)c3ccccc3)C(C)(C)c3ccccc3N12.CC. The minimum Gasteiger partial charge on any atom is -0.313 e. The molecule has 2 aromatic carbocycles. The fraction of sp³-hybridized carbons (Fsp3) is 0.333. The highest BCUT2D eigenvalue weighted by Gasteiger charge is 2.47. The van der Waals surface area contributed by atoms with Crippen LogP contribution >= 0.6 is 0 Å². The molecule has 3 atom stereocenters. The van der Waals surface area contributed by atoms with E-state index in [4.69, 9.17) is 0 Å². The molecule has 0 fully saturated rings. The Morgan fingerprint density at radius 3 is 2.33 bits per heavy atom. The molecular weight excluding hydrogens is 699 g/mol. The normalized spacial score (nSPS) is 25.0. The summed E-state index contributed by atoms with van der Waals surface area (Å²) in [5.74, 6) is 0.569. The molecular formula is C57H69N. The molecule has 2 aliphatic carbocycles. The molecule has 2 heterocycles. The number of fused-ring (bicyclic) bond motifs is 4. The second-order valence-corrected chi connectivity index (χ2v) is 16.6. The maximum Gasteiger partial charge on any atom is 0.0499 e. The van der Waals surface area contributed by atoms with Gasteiger partial charge in [0, 0.05) is 33.8 Å². The third-order valence-corrected chi connectivity index (χ3v) is 12.9. The third kappa shape index (κ3) is 8.88. The van der Waals surface area contributed by atoms with E-state index in [0.717, 1.165) is 25.7 Å². The largest absolute Gasteiger partial charge is 0.313 e. The topological polar surface area (TPSA) is 3.24 Å². The van der Waals surface area contributed by atoms with Gasteiger partial charge in [0.15, 0.2) is 0 Å². The van der Waals surface area contributed by atoms with Gasteiger partial charge in [-0.1, -0.05) is 196 Å². The molecule has 0 N–H and O–H groups in total. The zero-order valence-electron chi connectivity index (χ0n) is 37.3. The average molecular weight is 768 g/mol. The van der Waals surface area contributed by atoms with Crippen LogP contribution in [0.5, 0.6) is 0 Å². The summed E-state index contributed by atoms with van der Waals surface area (Å²) < 4.78 is 0. The van der Waals surface area contributed by atoms with Crippen molar-refractivity contribution in [2.45, 2.75) is 100 Å². The van der Waals surface area contributed by atoms with E-state index in [0.29, 0.717) is 5.92 Å². The minimum atomic E-state index is -0.191. The number of rotatable bonds is 10. The molecule has 0 radical (unpaired) electrons. The first-order chi connectivity index (χ1) is 27.9. The van der Waals surface area contributed by atoms with E-state index in [1.54, 1.807) is 0 Å². The molecule has 1 heteroatoms. The maximum absolute atomic E-state index is 4.38. The van der Waals surface area contributed by atoms with Crippen LogP contribution in [-0.2, 0) is 5.41 Å². The van der Waals surface area contributed by atoms with E-state index in [1.807, 2.05) is 19.9 Å². The Kier molecular flexibility index (Phi) is 15.6. The van der Waals surface area contributed by atoms with Gasteiger partial charge in [-0.2, -0.15) is 0 Å². The van der Waals surface area contributed by atoms with E-state index in [-0.39, 0.29) is 22.2 Å². The van der Waals surface area contributed by atoms with E-state index in [2.05, 4.69) is 220 Å². The van der Waals surface area contributed by atoms with Crippen LogP contribution < -0.4 is 4.90 Å². The Bertz CT molecular complexity index is 2140. The molecule has 302 valence electrons. The smallest absolute Gasteiger partial charge is 0.0499 e. The van der Waals surface area contributed by atoms with Gasteiger partial charge in [-0.15, -0.1) is 19.4 Å². The lowest BCUT2D eigenvalue weighted by molar-refractivity contribution is 0.302. The van der Waals surface area contributed by atoms with E-state index < -0.39 is 0 Å². The molecule has 2 aliphatic heterocycles. The van der Waals surface area contributed by atoms with Crippen molar-refractivity contribution in [2.24, 2.45) is 22.7 Å². The predicted octanol–water partition coefficient (Wildman–Crippen LogP) is 16.0. The van der Waals surface area contributed by atoms with Crippen molar-refractivity contribution >= 4 is 11.3 Å². The molecule has 0 amide bonds. The van der Waals surface area contributed by atoms with Crippen LogP contribution in [0.1, 0.15) is 106 Å². The molecule has 6 rings (SSSR count). The summed E-state index contributed by atoms with van der Waals surface area (Å²) in [5.41, 5.74) is 14.5. The summed E-state index contributed by atoms with van der Waals surface area (Å²) in [7, 11) is 0. The lowest BCUT2D eigenvalue weighted by atomic mass is 9.63. The number of para-hydroxylation sites is 1. The number of hydrogen-bond acceptors (Lipinski definition) is 1. The van der Waals surface area contributed by atoms with Crippen molar-refractivity contribution in [3.63, 3.8) is 0 Å². The minimum absolute atomic E-state index is 0.0518. The summed E-state index contributed by atoms with van der Waals surface area (Å²) in [6, 6.07) is 20.0. The summed E-state index contributed by atoms with van der Waals surface area (Å²) in [6.07, 6.45) is 43.7. The maximum atomic E-state index is 4.38. The van der Waals surface area contributed by atoms with Crippen molar-refractivity contribution < 1.29 is 0 Å². The zero-order chi connectivity index (χ0) is 42.7. The number of terminal acetylenes is 1. The fourth-order valence-corrected chi connectivity index (χ4v) is 8.99. The van der Waals surface area contributed by atoms with E-state index in [1.165, 1.54) is 61.6 Å². The molecule has 0 saturated heterocycles. The third-order valence-electron chi connectivity index (χ3n) is 12.9. The Labute approximate surface area is 353 Å². The highest BCUT2D eigenvalue weighted by atomic mass is 15.2. The lowest BCUT2D eigenvalue weighted by Gasteiger charge is -2.53. The van der Waals surface area contributed by atoms with Crippen molar-refractivity contribution in [2.75, 3.05) is 4.90 Å². The standard InChI is InChI=1S/C53H61N.C2H6.C2H2/c1-11-14-25-38(4)36-43-28-20-22-34-53(13-3)35-23-21-30-45(53)44(43)29-24-33-48-39(5)51(7,8)40(6)50-47(37-41(12-2)42-26-16-15-17-27-42)52(9,10)46-31-18-19-32-49(46)54(48)50;2*1-2/h11,13-21,23-28,30-33,35-38,40H,1,3,12,22,29,34H2,2,4-10H3;1-2H3;1-2H/b25-14+,28-20-,33-24-,41-37+,43-36-,45-44-;;. The molecule has 0 saturated carbocycles. The monoisotopic (exact) mass is 768 g/mol. The lowest BCUT2D eigenvalue weighted by Crippen LogP contribution is -2.46. The Morgan fingerprint density at radius 1 is 0.966 bits per heavy atom. The first kappa shape index (κ1) is 45.4. The summed E-state index contributed by atoms with van der Waals surface area (Å²) >= 11 is 0. The first-order valence-corrected chi connectivity index (χ1v) is 21.4. The number of anilines is 1. The summed E-state index contributed by atoms with van der Waals surface area (Å²) in [5, 5.41) is 0. The van der Waals surface area contributed by atoms with Crippen molar-refractivity contribution in [1.82, 2.24) is 0 Å². The zero-order valence-corrected chi connectivity index (χ0v) is 37.3. The number of hydrogen-bond donors (Lipinski definition) is 0. The van der Waals surface area contributed by atoms with Gasteiger partial charge in [0.2, 0.25) is 0 Å². The highest BCUT2D eigenvalue weighted by molar-refractivity contribution is 5.79. The number of allylic oxidation sites excluding steroid dienone is 21. The van der Waals surface area contributed by atoms with Crippen LogP contribution in [0.25, 0.3) is 5.57 Å². The number of nitrogens with zero attached hydrogens (tertiary/aromatic N) is 1. The van der Waals surface area contributed by atoms with Gasteiger partial charge in [0.05, 0.1) is 0 Å². The van der Waals surface area contributed by atoms with Gasteiger partial charge in [-0.25, -0.2) is 0 Å². The van der Waals surface area contributed by atoms with Gasteiger partial charge in [-0.05, 0) is 101 Å². The van der Waals surface area contributed by atoms with E-state index >= 15 is 0 Å². The number of benzene rings is 2. The van der Waals surface area contributed by atoms with Crippen LogP contribution in [-0.4, -0.2) is 0 Å². The molecule has 3 unspecified atom stereocenters. The van der Waals surface area contributed by atoms with Crippen LogP contribution in [0.4, 0.5) is 5.69 Å². The van der Waals surface area contributed by atoms with Gasteiger partial charge < -0.3 is 4.90 Å². The van der Waals surface area contributed by atoms with Crippen LogP contribution in [0, 0.1) is 35.5 Å². The second-order valence-electron chi connectivity index (χ2n) is 16.6. The molecule has 0 aromatic heterocycles. The van der Waals surface area contributed by atoms with Crippen LogP contribution in [0.15, 0.2) is 192 Å². The molecule has 0 bridgehead atoms. The molecule has 0 spiro atoms. The van der Waals surface area contributed by atoms with Crippen LogP contribution in [0.3, 0.4) is 0 Å².